The molecule has 6 heteroatoms. The molecule has 2 atom stereocenters. The zero-order valence-electron chi connectivity index (χ0n) is 12.2. The number of benzene rings is 1. The van der Waals surface area contributed by atoms with Crippen LogP contribution in [-0.2, 0) is 11.3 Å². The second kappa shape index (κ2) is 7.22. The fourth-order valence-corrected chi connectivity index (χ4v) is 3.02. The molecule has 1 saturated heterocycles. The third kappa shape index (κ3) is 3.95. The minimum atomic E-state index is -0.468. The van der Waals surface area contributed by atoms with Gasteiger partial charge in [-0.15, -0.1) is 0 Å². The highest BCUT2D eigenvalue weighted by Crippen LogP contribution is 2.25. The van der Waals surface area contributed by atoms with E-state index >= 15 is 0 Å². The number of ether oxygens (including phenoxy) is 1. The first-order valence-corrected chi connectivity index (χ1v) is 7.48. The summed E-state index contributed by atoms with van der Waals surface area (Å²) in [6, 6.07) is 5.48. The summed E-state index contributed by atoms with van der Waals surface area (Å²) in [7, 11) is 1.74. The molecule has 21 heavy (non-hydrogen) atoms. The summed E-state index contributed by atoms with van der Waals surface area (Å²) in [4.78, 5) is 13.5. The Bertz CT molecular complexity index is 510. The molecule has 4 N–H and O–H groups in total. The van der Waals surface area contributed by atoms with Gasteiger partial charge in [0.1, 0.15) is 0 Å². The van der Waals surface area contributed by atoms with Gasteiger partial charge in [0.05, 0.1) is 6.10 Å². The number of primary amides is 1. The number of carbonyl (C=O) groups excluding carboxylic acids is 1. The molecule has 116 valence electrons. The third-order valence-electron chi connectivity index (χ3n) is 4.11. The number of hydrogen-bond acceptors (Lipinski definition) is 4. The molecule has 1 aromatic rings. The van der Waals surface area contributed by atoms with Gasteiger partial charge in [-0.3, -0.25) is 9.69 Å². The Labute approximate surface area is 130 Å². The molecule has 0 aromatic heterocycles. The maximum absolute atomic E-state index is 11.1. The summed E-state index contributed by atoms with van der Waals surface area (Å²) in [5.41, 5.74) is 12.5. The molecule has 0 bridgehead atoms. The molecule has 1 amide bonds. The van der Waals surface area contributed by atoms with Gasteiger partial charge in [-0.2, -0.15) is 0 Å². The van der Waals surface area contributed by atoms with Gasteiger partial charge in [0.25, 0.3) is 0 Å². The number of hydrogen-bond donors (Lipinski definition) is 2. The summed E-state index contributed by atoms with van der Waals surface area (Å²) in [6.07, 6.45) is 2.20. The lowest BCUT2D eigenvalue weighted by atomic mass is 9.98. The van der Waals surface area contributed by atoms with Crippen LogP contribution in [0.1, 0.15) is 28.8 Å². The number of carbonyl (C=O) groups is 1. The smallest absolute Gasteiger partial charge is 0.248 e. The van der Waals surface area contributed by atoms with Crippen LogP contribution in [0.3, 0.4) is 0 Å². The number of rotatable bonds is 5. The Balaban J connectivity index is 2.08. The SMILES string of the molecule is COC1CCN(Cc2ccc(C(N)=O)cc2Cl)C(CN)C1. The topological polar surface area (TPSA) is 81.6 Å². The maximum Gasteiger partial charge on any atom is 0.248 e. The van der Waals surface area contributed by atoms with E-state index in [-0.39, 0.29) is 12.1 Å². The highest BCUT2D eigenvalue weighted by atomic mass is 35.5. The van der Waals surface area contributed by atoms with E-state index in [2.05, 4.69) is 4.90 Å². The fourth-order valence-electron chi connectivity index (χ4n) is 2.78. The Hall–Kier alpha value is -1.14. The minimum absolute atomic E-state index is 0.280. The van der Waals surface area contributed by atoms with E-state index in [1.165, 1.54) is 0 Å². The maximum atomic E-state index is 11.1. The van der Waals surface area contributed by atoms with Crippen molar-refractivity contribution >= 4 is 17.5 Å². The minimum Gasteiger partial charge on any atom is -0.381 e. The van der Waals surface area contributed by atoms with Crippen molar-refractivity contribution in [2.75, 3.05) is 20.2 Å². The zero-order chi connectivity index (χ0) is 15.4. The van der Waals surface area contributed by atoms with Crippen LogP contribution in [-0.4, -0.2) is 43.2 Å². The predicted octanol–water partition coefficient (Wildman–Crippen LogP) is 1.38. The molecular weight excluding hydrogens is 290 g/mol. The summed E-state index contributed by atoms with van der Waals surface area (Å²) in [5.74, 6) is -0.468. The summed E-state index contributed by atoms with van der Waals surface area (Å²) < 4.78 is 5.43. The Kier molecular flexibility index (Phi) is 5.58. The van der Waals surface area contributed by atoms with Crippen LogP contribution in [0.15, 0.2) is 18.2 Å². The Morgan fingerprint density at radius 2 is 2.29 bits per heavy atom. The molecule has 1 aromatic carbocycles. The van der Waals surface area contributed by atoms with Gasteiger partial charge in [0, 0.05) is 43.4 Å². The van der Waals surface area contributed by atoms with Crippen molar-refractivity contribution in [2.24, 2.45) is 11.5 Å². The van der Waals surface area contributed by atoms with Crippen LogP contribution in [0.2, 0.25) is 5.02 Å². The van der Waals surface area contributed by atoms with E-state index in [9.17, 15) is 4.79 Å². The van der Waals surface area contributed by atoms with Crippen LogP contribution in [0, 0.1) is 0 Å². The summed E-state index contributed by atoms with van der Waals surface area (Å²) in [5, 5.41) is 0.566. The molecule has 2 rings (SSSR count). The number of nitrogens with two attached hydrogens (primary N) is 2. The molecule has 0 saturated carbocycles. The van der Waals surface area contributed by atoms with Crippen LogP contribution in [0.4, 0.5) is 0 Å². The number of amides is 1. The van der Waals surface area contributed by atoms with Gasteiger partial charge in [0.2, 0.25) is 5.91 Å². The van der Waals surface area contributed by atoms with Crippen molar-refractivity contribution in [3.63, 3.8) is 0 Å². The molecule has 0 spiro atoms. The quantitative estimate of drug-likeness (QED) is 0.860. The van der Waals surface area contributed by atoms with Gasteiger partial charge < -0.3 is 16.2 Å². The van der Waals surface area contributed by atoms with Crippen molar-refractivity contribution in [3.05, 3.63) is 34.3 Å². The van der Waals surface area contributed by atoms with Crippen LogP contribution in [0.25, 0.3) is 0 Å². The third-order valence-corrected chi connectivity index (χ3v) is 4.46. The van der Waals surface area contributed by atoms with E-state index in [1.54, 1.807) is 19.2 Å². The van der Waals surface area contributed by atoms with Crippen molar-refractivity contribution in [3.8, 4) is 0 Å². The Morgan fingerprint density at radius 3 is 2.86 bits per heavy atom. The average molecular weight is 312 g/mol. The highest BCUT2D eigenvalue weighted by molar-refractivity contribution is 6.31. The zero-order valence-corrected chi connectivity index (χ0v) is 13.0. The first kappa shape index (κ1) is 16.2. The monoisotopic (exact) mass is 311 g/mol. The average Bonchev–Trinajstić information content (AvgIpc) is 2.49. The molecule has 1 fully saturated rings. The lowest BCUT2D eigenvalue weighted by Crippen LogP contribution is -2.48. The van der Waals surface area contributed by atoms with Crippen LogP contribution >= 0.6 is 11.6 Å². The Morgan fingerprint density at radius 1 is 1.52 bits per heavy atom. The van der Waals surface area contributed by atoms with E-state index in [1.807, 2.05) is 6.07 Å². The lowest BCUT2D eigenvalue weighted by Gasteiger charge is -2.38. The number of methoxy groups -OCH3 is 1. The summed E-state index contributed by atoms with van der Waals surface area (Å²) in [6.45, 7) is 2.24. The van der Waals surface area contributed by atoms with E-state index < -0.39 is 5.91 Å². The van der Waals surface area contributed by atoms with Gasteiger partial charge >= 0.3 is 0 Å². The molecule has 5 nitrogen and oxygen atoms in total. The number of halogens is 1. The standard InChI is InChI=1S/C15H22ClN3O2/c1-21-13-4-5-19(12(7-13)8-17)9-11-3-2-10(15(18)20)6-14(11)16/h2-3,6,12-13H,4-5,7-9,17H2,1H3,(H2,18,20). The molecule has 1 heterocycles. The molecule has 1 aliphatic heterocycles. The molecule has 0 aliphatic carbocycles. The van der Waals surface area contributed by atoms with Crippen molar-refractivity contribution < 1.29 is 9.53 Å². The predicted molar refractivity (Wildman–Crippen MR) is 83.3 cm³/mol. The first-order chi connectivity index (χ1) is 10.0. The van der Waals surface area contributed by atoms with Gasteiger partial charge in [-0.05, 0) is 30.5 Å². The highest BCUT2D eigenvalue weighted by Gasteiger charge is 2.27. The van der Waals surface area contributed by atoms with Gasteiger partial charge in [-0.1, -0.05) is 17.7 Å². The number of nitrogens with zero attached hydrogens (tertiary/aromatic N) is 1. The van der Waals surface area contributed by atoms with E-state index in [0.29, 0.717) is 17.1 Å². The van der Waals surface area contributed by atoms with Crippen LogP contribution < -0.4 is 11.5 Å². The van der Waals surface area contributed by atoms with E-state index in [4.69, 9.17) is 27.8 Å². The second-order valence-corrected chi connectivity index (χ2v) is 5.82. The summed E-state index contributed by atoms with van der Waals surface area (Å²) >= 11 is 6.25. The molecule has 2 unspecified atom stereocenters. The fraction of sp³-hybridized carbons (Fsp3) is 0.533. The second-order valence-electron chi connectivity index (χ2n) is 5.41. The van der Waals surface area contributed by atoms with Crippen LogP contribution in [0.5, 0.6) is 0 Å². The van der Waals surface area contributed by atoms with Gasteiger partial charge in [-0.25, -0.2) is 0 Å². The van der Waals surface area contributed by atoms with Crippen molar-refractivity contribution in [1.29, 1.82) is 0 Å². The van der Waals surface area contributed by atoms with Crippen molar-refractivity contribution in [1.82, 2.24) is 4.90 Å². The normalized spacial score (nSPS) is 23.2. The molecule has 1 aliphatic rings. The van der Waals surface area contributed by atoms with Gasteiger partial charge in [0.15, 0.2) is 0 Å². The van der Waals surface area contributed by atoms with E-state index in [0.717, 1.165) is 31.5 Å². The largest absolute Gasteiger partial charge is 0.381 e. The van der Waals surface area contributed by atoms with Crippen molar-refractivity contribution in [2.45, 2.75) is 31.5 Å². The number of likely N-dealkylation sites (tertiary alicyclic amines) is 1. The first-order valence-electron chi connectivity index (χ1n) is 7.10. The molecular formula is C15H22ClN3O2. The lowest BCUT2D eigenvalue weighted by molar-refractivity contribution is 0.0102. The number of piperidine rings is 1. The molecule has 0 radical (unpaired) electrons.